The first-order valence-electron chi connectivity index (χ1n) is 6.37. The maximum absolute atomic E-state index is 5.54. The van der Waals surface area contributed by atoms with E-state index >= 15 is 0 Å². The Kier molecular flexibility index (Phi) is 3.38. The summed E-state index contributed by atoms with van der Waals surface area (Å²) >= 11 is 0. The topological polar surface area (TPSA) is 25.2 Å². The molecule has 2 heteroatoms. The van der Waals surface area contributed by atoms with E-state index in [-0.39, 0.29) is 0 Å². The molecule has 1 aliphatic rings. The summed E-state index contributed by atoms with van der Waals surface area (Å²) in [7, 11) is 0. The van der Waals surface area contributed by atoms with Gasteiger partial charge in [-0.25, -0.2) is 0 Å². The molecular formula is C14H23NO. The van der Waals surface area contributed by atoms with Crippen molar-refractivity contribution >= 4 is 0 Å². The van der Waals surface area contributed by atoms with Gasteiger partial charge in [0.1, 0.15) is 11.5 Å². The van der Waals surface area contributed by atoms with Gasteiger partial charge in [-0.1, -0.05) is 13.8 Å². The summed E-state index contributed by atoms with van der Waals surface area (Å²) in [6, 6.07) is 2.82. The third-order valence-electron chi connectivity index (χ3n) is 3.52. The minimum absolute atomic E-state index is 0.676. The molecule has 1 N–H and O–H groups in total. The summed E-state index contributed by atoms with van der Waals surface area (Å²) in [4.78, 5) is 0. The van der Waals surface area contributed by atoms with Gasteiger partial charge in [0.05, 0.1) is 0 Å². The van der Waals surface area contributed by atoms with Crippen LogP contribution in [0.5, 0.6) is 0 Å². The molecule has 1 fully saturated rings. The molecule has 1 aliphatic carbocycles. The molecular weight excluding hydrogens is 198 g/mol. The Morgan fingerprint density at radius 1 is 1.38 bits per heavy atom. The van der Waals surface area contributed by atoms with Gasteiger partial charge in [-0.2, -0.15) is 0 Å². The van der Waals surface area contributed by atoms with Gasteiger partial charge in [-0.15, -0.1) is 0 Å². The Hall–Kier alpha value is -0.760. The van der Waals surface area contributed by atoms with Gasteiger partial charge >= 0.3 is 0 Å². The van der Waals surface area contributed by atoms with E-state index in [1.165, 1.54) is 18.4 Å². The van der Waals surface area contributed by atoms with Crippen LogP contribution in [0.15, 0.2) is 10.5 Å². The van der Waals surface area contributed by atoms with Gasteiger partial charge < -0.3 is 9.73 Å². The van der Waals surface area contributed by atoms with Crippen LogP contribution in [-0.2, 0) is 6.54 Å². The summed E-state index contributed by atoms with van der Waals surface area (Å²) in [6.45, 7) is 9.62. The third kappa shape index (κ3) is 2.67. The Morgan fingerprint density at radius 2 is 2.06 bits per heavy atom. The molecule has 1 saturated carbocycles. The maximum Gasteiger partial charge on any atom is 0.105 e. The van der Waals surface area contributed by atoms with Crippen molar-refractivity contribution in [3.8, 4) is 0 Å². The Labute approximate surface area is 98.4 Å². The summed E-state index contributed by atoms with van der Waals surface area (Å²) in [5, 5.41) is 3.69. The zero-order valence-corrected chi connectivity index (χ0v) is 10.8. The van der Waals surface area contributed by atoms with Crippen molar-refractivity contribution < 1.29 is 4.42 Å². The van der Waals surface area contributed by atoms with E-state index in [2.05, 4.69) is 25.2 Å². The Morgan fingerprint density at radius 3 is 2.50 bits per heavy atom. The predicted molar refractivity (Wildman–Crippen MR) is 66.4 cm³/mol. The number of furan rings is 1. The van der Waals surface area contributed by atoms with Crippen LogP contribution in [-0.4, -0.2) is 6.04 Å². The quantitative estimate of drug-likeness (QED) is 0.824. The van der Waals surface area contributed by atoms with Crippen LogP contribution >= 0.6 is 0 Å². The van der Waals surface area contributed by atoms with Gasteiger partial charge in [0.25, 0.3) is 0 Å². The molecule has 2 rings (SSSR count). The lowest BCUT2D eigenvalue weighted by Crippen LogP contribution is -2.35. The summed E-state index contributed by atoms with van der Waals surface area (Å²) in [5.74, 6) is 3.71. The second-order valence-corrected chi connectivity index (χ2v) is 5.43. The molecule has 0 bridgehead atoms. The first-order valence-corrected chi connectivity index (χ1v) is 6.37. The van der Waals surface area contributed by atoms with E-state index < -0.39 is 0 Å². The van der Waals surface area contributed by atoms with E-state index in [4.69, 9.17) is 4.42 Å². The summed E-state index contributed by atoms with van der Waals surface area (Å²) in [6.07, 6.45) is 2.80. The largest absolute Gasteiger partial charge is 0.466 e. The van der Waals surface area contributed by atoms with Gasteiger partial charge in [0.15, 0.2) is 0 Å². The molecule has 0 aliphatic heterocycles. The molecule has 2 nitrogen and oxygen atoms in total. The van der Waals surface area contributed by atoms with Crippen molar-refractivity contribution in [3.63, 3.8) is 0 Å². The third-order valence-corrected chi connectivity index (χ3v) is 3.52. The monoisotopic (exact) mass is 221 g/mol. The molecule has 0 spiro atoms. The SMILES string of the molecule is Cc1cc(CNC(C(C)C)C2CC2)c(C)o1. The van der Waals surface area contributed by atoms with Crippen LogP contribution < -0.4 is 5.32 Å². The molecule has 1 heterocycles. The zero-order chi connectivity index (χ0) is 11.7. The van der Waals surface area contributed by atoms with Crippen LogP contribution in [0, 0.1) is 25.7 Å². The fourth-order valence-corrected chi connectivity index (χ4v) is 2.49. The van der Waals surface area contributed by atoms with Crippen LogP contribution in [0.3, 0.4) is 0 Å². The van der Waals surface area contributed by atoms with E-state index in [9.17, 15) is 0 Å². The minimum atomic E-state index is 0.676. The number of aryl methyl sites for hydroxylation is 2. The molecule has 1 aromatic rings. The normalized spacial score (nSPS) is 18.1. The molecule has 90 valence electrons. The van der Waals surface area contributed by atoms with E-state index in [0.717, 1.165) is 29.9 Å². The van der Waals surface area contributed by atoms with E-state index in [1.54, 1.807) is 0 Å². The maximum atomic E-state index is 5.54. The van der Waals surface area contributed by atoms with Crippen molar-refractivity contribution in [1.29, 1.82) is 0 Å². The van der Waals surface area contributed by atoms with Crippen LogP contribution in [0.2, 0.25) is 0 Å². The molecule has 0 aromatic carbocycles. The molecule has 0 saturated heterocycles. The molecule has 0 amide bonds. The Bertz CT molecular complexity index is 348. The van der Waals surface area contributed by atoms with Crippen molar-refractivity contribution in [1.82, 2.24) is 5.32 Å². The molecule has 1 atom stereocenters. The van der Waals surface area contributed by atoms with Gasteiger partial charge in [0, 0.05) is 18.2 Å². The van der Waals surface area contributed by atoms with Crippen molar-refractivity contribution in [2.45, 2.75) is 53.1 Å². The first kappa shape index (κ1) is 11.7. The van der Waals surface area contributed by atoms with Gasteiger partial charge in [0.2, 0.25) is 0 Å². The highest BCUT2D eigenvalue weighted by Crippen LogP contribution is 2.35. The van der Waals surface area contributed by atoms with Crippen molar-refractivity contribution in [2.24, 2.45) is 11.8 Å². The fourth-order valence-electron chi connectivity index (χ4n) is 2.49. The van der Waals surface area contributed by atoms with E-state index in [1.807, 2.05) is 13.8 Å². The zero-order valence-electron chi connectivity index (χ0n) is 10.8. The second kappa shape index (κ2) is 4.62. The first-order chi connectivity index (χ1) is 7.58. The number of hydrogen-bond acceptors (Lipinski definition) is 2. The lowest BCUT2D eigenvalue weighted by Gasteiger charge is -2.21. The molecule has 0 radical (unpaired) electrons. The van der Waals surface area contributed by atoms with Gasteiger partial charge in [-0.3, -0.25) is 0 Å². The number of nitrogens with one attached hydrogen (secondary N) is 1. The molecule has 1 unspecified atom stereocenters. The van der Waals surface area contributed by atoms with Crippen LogP contribution in [0.25, 0.3) is 0 Å². The van der Waals surface area contributed by atoms with Gasteiger partial charge in [-0.05, 0) is 44.6 Å². The van der Waals surface area contributed by atoms with Crippen LogP contribution in [0.4, 0.5) is 0 Å². The smallest absolute Gasteiger partial charge is 0.105 e. The van der Waals surface area contributed by atoms with E-state index in [0.29, 0.717) is 6.04 Å². The lowest BCUT2D eigenvalue weighted by molar-refractivity contribution is 0.358. The highest BCUT2D eigenvalue weighted by Gasteiger charge is 2.32. The summed E-state index contributed by atoms with van der Waals surface area (Å²) < 4.78 is 5.54. The molecule has 16 heavy (non-hydrogen) atoms. The second-order valence-electron chi connectivity index (χ2n) is 5.43. The summed E-state index contributed by atoms with van der Waals surface area (Å²) in [5.41, 5.74) is 1.31. The Balaban J connectivity index is 1.92. The fraction of sp³-hybridized carbons (Fsp3) is 0.714. The average Bonchev–Trinajstić information content (AvgIpc) is 2.94. The number of hydrogen-bond donors (Lipinski definition) is 1. The average molecular weight is 221 g/mol. The lowest BCUT2D eigenvalue weighted by atomic mass is 9.99. The van der Waals surface area contributed by atoms with Crippen molar-refractivity contribution in [3.05, 3.63) is 23.2 Å². The highest BCUT2D eigenvalue weighted by atomic mass is 16.3. The molecule has 1 aromatic heterocycles. The standard InChI is InChI=1S/C14H23NO/c1-9(2)14(12-5-6-12)15-8-13-7-10(3)16-11(13)4/h7,9,12,14-15H,5-6,8H2,1-4H3. The predicted octanol–water partition coefficient (Wildman–Crippen LogP) is 3.42. The van der Waals surface area contributed by atoms with Crippen LogP contribution in [0.1, 0.15) is 43.8 Å². The minimum Gasteiger partial charge on any atom is -0.466 e. The highest BCUT2D eigenvalue weighted by molar-refractivity contribution is 5.20. The number of rotatable bonds is 5. The van der Waals surface area contributed by atoms with Crippen molar-refractivity contribution in [2.75, 3.05) is 0 Å².